The molecule has 0 aliphatic carbocycles. The Labute approximate surface area is 157 Å². The van der Waals surface area contributed by atoms with E-state index >= 15 is 0 Å². The van der Waals surface area contributed by atoms with Gasteiger partial charge in [0.05, 0.1) is 18.5 Å². The van der Waals surface area contributed by atoms with Crippen molar-refractivity contribution in [2.45, 2.75) is 20.0 Å². The number of aryl methyl sites for hydroxylation is 2. The van der Waals surface area contributed by atoms with Crippen molar-refractivity contribution in [2.75, 3.05) is 22.4 Å². The van der Waals surface area contributed by atoms with Crippen LogP contribution in [0.25, 0.3) is 0 Å². The van der Waals surface area contributed by atoms with Gasteiger partial charge in [-0.25, -0.2) is 8.42 Å². The van der Waals surface area contributed by atoms with E-state index in [1.807, 2.05) is 26.0 Å². The lowest BCUT2D eigenvalue weighted by atomic mass is 10.1. The molecule has 0 radical (unpaired) electrons. The van der Waals surface area contributed by atoms with Gasteiger partial charge in [-0.05, 0) is 55.3 Å². The number of anilines is 2. The maximum atomic E-state index is 12.6. The molecule has 8 heteroatoms. The highest BCUT2D eigenvalue weighted by atomic mass is 35.5. The zero-order chi connectivity index (χ0) is 19.1. The van der Waals surface area contributed by atoms with Crippen molar-refractivity contribution in [1.29, 1.82) is 0 Å². The number of fused-ring (bicyclic) bond motifs is 1. The summed E-state index contributed by atoms with van der Waals surface area (Å²) in [6.07, 6.45) is 0.112. The molecule has 1 heterocycles. The van der Waals surface area contributed by atoms with Crippen LogP contribution in [0.2, 0.25) is 5.02 Å². The number of carbonyl (C=O) groups excluding carboxylic acids is 1. The van der Waals surface area contributed by atoms with E-state index < -0.39 is 22.0 Å². The number of nitrogens with one attached hydrogen (secondary N) is 1. The molecule has 3 rings (SSSR count). The topological polar surface area (TPSA) is 75.7 Å². The van der Waals surface area contributed by atoms with Gasteiger partial charge in [-0.15, -0.1) is 0 Å². The molecule has 1 N–H and O–H groups in total. The van der Waals surface area contributed by atoms with Gasteiger partial charge in [-0.3, -0.25) is 9.10 Å². The number of carbonyl (C=O) groups is 1. The third-order valence-corrected chi connectivity index (χ3v) is 5.64. The third kappa shape index (κ3) is 3.78. The molecule has 138 valence electrons. The zero-order valence-corrected chi connectivity index (χ0v) is 16.2. The van der Waals surface area contributed by atoms with E-state index in [0.717, 1.165) is 21.7 Å². The first-order valence-electron chi connectivity index (χ1n) is 7.97. The van der Waals surface area contributed by atoms with Crippen molar-refractivity contribution in [3.63, 3.8) is 0 Å². The largest absolute Gasteiger partial charge is 0.476 e. The quantitative estimate of drug-likeness (QED) is 0.867. The molecule has 1 aliphatic rings. The molecule has 1 aliphatic heterocycles. The van der Waals surface area contributed by atoms with Crippen LogP contribution < -0.4 is 14.4 Å². The van der Waals surface area contributed by atoms with Crippen LogP contribution in [0.15, 0.2) is 36.4 Å². The molecule has 2 aromatic carbocycles. The second-order valence-corrected chi connectivity index (χ2v) is 8.64. The molecular formula is C18H19ClN2O4S. The molecule has 0 bridgehead atoms. The highest BCUT2D eigenvalue weighted by Gasteiger charge is 2.35. The third-order valence-electron chi connectivity index (χ3n) is 4.26. The van der Waals surface area contributed by atoms with Gasteiger partial charge in [0.15, 0.2) is 6.10 Å². The second-order valence-electron chi connectivity index (χ2n) is 6.30. The van der Waals surface area contributed by atoms with Gasteiger partial charge >= 0.3 is 0 Å². The van der Waals surface area contributed by atoms with E-state index in [-0.39, 0.29) is 6.54 Å². The van der Waals surface area contributed by atoms with E-state index in [1.165, 1.54) is 6.07 Å². The number of hydrogen-bond donors (Lipinski definition) is 1. The minimum Gasteiger partial charge on any atom is -0.476 e. The molecular weight excluding hydrogens is 376 g/mol. The van der Waals surface area contributed by atoms with Crippen LogP contribution in [0.3, 0.4) is 0 Å². The fourth-order valence-corrected chi connectivity index (χ4v) is 3.79. The number of hydrogen-bond acceptors (Lipinski definition) is 4. The standard InChI is InChI=1S/C18H19ClN2O4S/c1-11-4-6-14(8-12(11)2)20-18(22)17-10-21(26(3,23)24)15-9-13(19)5-7-16(15)25-17/h4-9,17H,10H2,1-3H3,(H,20,22)/t17-/m0/s1. The average molecular weight is 395 g/mol. The molecule has 6 nitrogen and oxygen atoms in total. The van der Waals surface area contributed by atoms with Crippen molar-refractivity contribution >= 4 is 38.9 Å². The Hall–Kier alpha value is -2.25. The highest BCUT2D eigenvalue weighted by Crippen LogP contribution is 2.37. The average Bonchev–Trinajstić information content (AvgIpc) is 2.56. The van der Waals surface area contributed by atoms with Gasteiger partial charge < -0.3 is 10.1 Å². The lowest BCUT2D eigenvalue weighted by molar-refractivity contribution is -0.122. The summed E-state index contributed by atoms with van der Waals surface area (Å²) in [4.78, 5) is 12.6. The summed E-state index contributed by atoms with van der Waals surface area (Å²) in [6, 6.07) is 10.2. The lowest BCUT2D eigenvalue weighted by Gasteiger charge is -2.34. The number of nitrogens with zero attached hydrogens (tertiary/aromatic N) is 1. The Bertz CT molecular complexity index is 975. The van der Waals surface area contributed by atoms with Crippen LogP contribution >= 0.6 is 11.6 Å². The van der Waals surface area contributed by atoms with Crippen LogP contribution in [0.5, 0.6) is 5.75 Å². The van der Waals surface area contributed by atoms with Crippen molar-refractivity contribution in [2.24, 2.45) is 0 Å². The van der Waals surface area contributed by atoms with Gasteiger partial charge in [0, 0.05) is 10.7 Å². The summed E-state index contributed by atoms with van der Waals surface area (Å²) in [6.45, 7) is 3.81. The summed E-state index contributed by atoms with van der Waals surface area (Å²) < 4.78 is 31.2. The molecule has 0 unspecified atom stereocenters. The molecule has 1 atom stereocenters. The predicted molar refractivity (Wildman–Crippen MR) is 103 cm³/mol. The monoisotopic (exact) mass is 394 g/mol. The Morgan fingerprint density at radius 2 is 1.92 bits per heavy atom. The van der Waals surface area contributed by atoms with E-state index in [1.54, 1.807) is 18.2 Å². The second kappa shape index (κ2) is 6.81. The zero-order valence-electron chi connectivity index (χ0n) is 14.6. The Balaban J connectivity index is 1.88. The first-order chi connectivity index (χ1) is 12.1. The molecule has 2 aromatic rings. The van der Waals surface area contributed by atoms with E-state index in [2.05, 4.69) is 5.32 Å². The van der Waals surface area contributed by atoms with Crippen molar-refractivity contribution < 1.29 is 17.9 Å². The number of halogens is 1. The number of amides is 1. The van der Waals surface area contributed by atoms with Gasteiger partial charge in [0.25, 0.3) is 5.91 Å². The highest BCUT2D eigenvalue weighted by molar-refractivity contribution is 7.92. The molecule has 1 amide bonds. The predicted octanol–water partition coefficient (Wildman–Crippen LogP) is 3.12. The first kappa shape index (κ1) is 18.5. The van der Waals surface area contributed by atoms with E-state index in [9.17, 15) is 13.2 Å². The Morgan fingerprint density at radius 3 is 2.58 bits per heavy atom. The smallest absolute Gasteiger partial charge is 0.267 e. The summed E-state index contributed by atoms with van der Waals surface area (Å²) in [5, 5.41) is 3.17. The maximum absolute atomic E-state index is 12.6. The summed E-state index contributed by atoms with van der Waals surface area (Å²) in [7, 11) is -3.59. The van der Waals surface area contributed by atoms with Crippen LogP contribution in [-0.2, 0) is 14.8 Å². The molecule has 0 aromatic heterocycles. The molecule has 0 spiro atoms. The fraction of sp³-hybridized carbons (Fsp3) is 0.278. The van der Waals surface area contributed by atoms with Gasteiger partial charge in [0.2, 0.25) is 10.0 Å². The van der Waals surface area contributed by atoms with Gasteiger partial charge in [0.1, 0.15) is 5.75 Å². The van der Waals surface area contributed by atoms with Crippen LogP contribution in [0, 0.1) is 13.8 Å². The number of sulfonamides is 1. The number of ether oxygens (including phenoxy) is 1. The summed E-state index contributed by atoms with van der Waals surface area (Å²) in [5.74, 6) is -0.117. The molecule has 0 saturated carbocycles. The van der Waals surface area contributed by atoms with Gasteiger partial charge in [-0.1, -0.05) is 17.7 Å². The number of benzene rings is 2. The number of rotatable bonds is 3. The minimum atomic E-state index is -3.59. The van der Waals surface area contributed by atoms with E-state index in [0.29, 0.717) is 22.1 Å². The minimum absolute atomic E-state index is 0.122. The molecule has 0 saturated heterocycles. The van der Waals surface area contributed by atoms with Crippen molar-refractivity contribution in [3.8, 4) is 5.75 Å². The van der Waals surface area contributed by atoms with Gasteiger partial charge in [-0.2, -0.15) is 0 Å². The SMILES string of the molecule is Cc1ccc(NC(=O)[C@@H]2CN(S(C)(=O)=O)c3cc(Cl)ccc3O2)cc1C. The summed E-state index contributed by atoms with van der Waals surface area (Å²) >= 11 is 5.97. The lowest BCUT2D eigenvalue weighted by Crippen LogP contribution is -2.48. The Morgan fingerprint density at radius 1 is 1.19 bits per heavy atom. The first-order valence-corrected chi connectivity index (χ1v) is 10.2. The van der Waals surface area contributed by atoms with Crippen molar-refractivity contribution in [3.05, 3.63) is 52.5 Å². The van der Waals surface area contributed by atoms with Crippen LogP contribution in [0.1, 0.15) is 11.1 Å². The van der Waals surface area contributed by atoms with Crippen molar-refractivity contribution in [1.82, 2.24) is 0 Å². The van der Waals surface area contributed by atoms with Crippen LogP contribution in [-0.4, -0.2) is 33.2 Å². The molecule has 0 fully saturated rings. The maximum Gasteiger partial charge on any atom is 0.267 e. The normalized spacial score (nSPS) is 16.6. The summed E-state index contributed by atoms with van der Waals surface area (Å²) in [5.41, 5.74) is 3.13. The van der Waals surface area contributed by atoms with Crippen LogP contribution in [0.4, 0.5) is 11.4 Å². The fourth-order valence-electron chi connectivity index (χ4n) is 2.72. The molecule has 26 heavy (non-hydrogen) atoms. The Kier molecular flexibility index (Phi) is 4.86. The van der Waals surface area contributed by atoms with E-state index in [4.69, 9.17) is 16.3 Å².